The number of methoxy groups -OCH3 is 1. The van der Waals surface area contributed by atoms with Gasteiger partial charge >= 0.3 is 6.03 Å². The minimum atomic E-state index is -0.368. The van der Waals surface area contributed by atoms with E-state index in [1.165, 1.54) is 24.3 Å². The number of nitrogens with one attached hydrogen (secondary N) is 2. The fourth-order valence-corrected chi connectivity index (χ4v) is 3.68. The van der Waals surface area contributed by atoms with Crippen LogP contribution in [0, 0.1) is 12.7 Å². The zero-order chi connectivity index (χ0) is 22.0. The first-order valence-corrected chi connectivity index (χ1v) is 9.88. The molecule has 0 fully saturated rings. The van der Waals surface area contributed by atoms with Gasteiger partial charge in [-0.25, -0.2) is 9.18 Å². The number of fused-ring (bicyclic) bond motifs is 1. The Kier molecular flexibility index (Phi) is 5.58. The maximum absolute atomic E-state index is 13.1. The second kappa shape index (κ2) is 8.47. The Morgan fingerprint density at radius 3 is 2.52 bits per heavy atom. The first kappa shape index (κ1) is 20.4. The minimum Gasteiger partial charge on any atom is -0.497 e. The first-order chi connectivity index (χ1) is 15.0. The molecule has 158 valence electrons. The number of amides is 3. The summed E-state index contributed by atoms with van der Waals surface area (Å²) in [6.45, 7) is 2.35. The van der Waals surface area contributed by atoms with Gasteiger partial charge in [0, 0.05) is 29.2 Å². The Morgan fingerprint density at radius 2 is 1.81 bits per heavy atom. The minimum absolute atomic E-state index is 0.231. The van der Waals surface area contributed by atoms with Crippen LogP contribution in [0.25, 0.3) is 0 Å². The van der Waals surface area contributed by atoms with Crippen LogP contribution in [0.15, 0.2) is 60.7 Å². The van der Waals surface area contributed by atoms with Gasteiger partial charge in [0.05, 0.1) is 7.11 Å². The smallest absolute Gasteiger partial charge is 0.326 e. The summed E-state index contributed by atoms with van der Waals surface area (Å²) >= 11 is 0. The SMILES string of the molecule is COc1ccc(NC(=O)c2cccc3c2CCN3C(=O)Nc2ccc(F)cc2)c(C)c1. The van der Waals surface area contributed by atoms with Gasteiger partial charge in [-0.15, -0.1) is 0 Å². The molecular formula is C24H22FN3O3. The zero-order valence-electron chi connectivity index (χ0n) is 17.2. The highest BCUT2D eigenvalue weighted by atomic mass is 19.1. The third-order valence-corrected chi connectivity index (χ3v) is 5.29. The van der Waals surface area contributed by atoms with E-state index in [0.29, 0.717) is 35.6 Å². The molecule has 4 rings (SSSR count). The molecule has 31 heavy (non-hydrogen) atoms. The number of ether oxygens (including phenoxy) is 1. The molecule has 0 aromatic heterocycles. The molecule has 0 spiro atoms. The fraction of sp³-hybridized carbons (Fsp3) is 0.167. The third kappa shape index (κ3) is 4.21. The number of hydrogen-bond acceptors (Lipinski definition) is 3. The van der Waals surface area contributed by atoms with Crippen molar-refractivity contribution in [2.45, 2.75) is 13.3 Å². The molecule has 6 nitrogen and oxygen atoms in total. The lowest BCUT2D eigenvalue weighted by Crippen LogP contribution is -2.33. The van der Waals surface area contributed by atoms with E-state index in [1.54, 1.807) is 36.3 Å². The van der Waals surface area contributed by atoms with Crippen molar-refractivity contribution in [2.24, 2.45) is 0 Å². The summed E-state index contributed by atoms with van der Waals surface area (Å²) in [4.78, 5) is 27.3. The van der Waals surface area contributed by atoms with Crippen molar-refractivity contribution in [3.05, 3.63) is 83.2 Å². The summed E-state index contributed by atoms with van der Waals surface area (Å²) in [6.07, 6.45) is 0.567. The molecule has 1 aliphatic rings. The highest BCUT2D eigenvalue weighted by Gasteiger charge is 2.28. The van der Waals surface area contributed by atoms with Crippen molar-refractivity contribution in [3.8, 4) is 5.75 Å². The van der Waals surface area contributed by atoms with Gasteiger partial charge in [-0.05, 0) is 79.1 Å². The second-order valence-corrected chi connectivity index (χ2v) is 7.28. The zero-order valence-corrected chi connectivity index (χ0v) is 17.2. The number of anilines is 3. The number of benzene rings is 3. The second-order valence-electron chi connectivity index (χ2n) is 7.28. The van der Waals surface area contributed by atoms with Crippen molar-refractivity contribution < 1.29 is 18.7 Å². The van der Waals surface area contributed by atoms with E-state index in [-0.39, 0.29) is 17.8 Å². The topological polar surface area (TPSA) is 70.7 Å². The number of hydrogen-bond donors (Lipinski definition) is 2. The van der Waals surface area contributed by atoms with Gasteiger partial charge in [0.25, 0.3) is 5.91 Å². The number of urea groups is 1. The number of halogens is 1. The molecule has 1 aliphatic heterocycles. The lowest BCUT2D eigenvalue weighted by molar-refractivity contribution is 0.102. The van der Waals surface area contributed by atoms with Crippen LogP contribution in [0.3, 0.4) is 0 Å². The van der Waals surface area contributed by atoms with E-state index >= 15 is 0 Å². The van der Waals surface area contributed by atoms with Gasteiger partial charge in [-0.3, -0.25) is 9.69 Å². The van der Waals surface area contributed by atoms with Crippen LogP contribution in [-0.4, -0.2) is 25.6 Å². The van der Waals surface area contributed by atoms with Crippen LogP contribution in [0.4, 0.5) is 26.2 Å². The largest absolute Gasteiger partial charge is 0.497 e. The van der Waals surface area contributed by atoms with Crippen LogP contribution in [0.1, 0.15) is 21.5 Å². The van der Waals surface area contributed by atoms with Crippen LogP contribution >= 0.6 is 0 Å². The summed E-state index contributed by atoms with van der Waals surface area (Å²) in [5.74, 6) is 0.122. The van der Waals surface area contributed by atoms with Gasteiger partial charge in [0.2, 0.25) is 0 Å². The molecule has 1 heterocycles. The molecule has 3 amide bonds. The number of aryl methyl sites for hydroxylation is 1. The van der Waals surface area contributed by atoms with E-state index < -0.39 is 0 Å². The third-order valence-electron chi connectivity index (χ3n) is 5.29. The number of nitrogens with zero attached hydrogens (tertiary/aromatic N) is 1. The predicted octanol–water partition coefficient (Wildman–Crippen LogP) is 4.99. The average Bonchev–Trinajstić information content (AvgIpc) is 3.21. The maximum Gasteiger partial charge on any atom is 0.326 e. The van der Waals surface area contributed by atoms with Crippen molar-refractivity contribution in [1.29, 1.82) is 0 Å². The van der Waals surface area contributed by atoms with E-state index in [1.807, 2.05) is 19.1 Å². The molecule has 0 radical (unpaired) electrons. The Balaban J connectivity index is 1.53. The molecule has 0 unspecified atom stereocenters. The summed E-state index contributed by atoms with van der Waals surface area (Å²) in [7, 11) is 1.60. The molecule has 0 saturated carbocycles. The van der Waals surface area contributed by atoms with Crippen LogP contribution in [-0.2, 0) is 6.42 Å². The first-order valence-electron chi connectivity index (χ1n) is 9.88. The Hall–Kier alpha value is -3.87. The quantitative estimate of drug-likeness (QED) is 0.626. The van der Waals surface area contributed by atoms with Crippen molar-refractivity contribution in [1.82, 2.24) is 0 Å². The molecule has 0 atom stereocenters. The van der Waals surface area contributed by atoms with Gasteiger partial charge < -0.3 is 15.4 Å². The fourth-order valence-electron chi connectivity index (χ4n) is 3.68. The average molecular weight is 419 g/mol. The van der Waals surface area contributed by atoms with Crippen molar-refractivity contribution >= 4 is 29.0 Å². The molecule has 2 N–H and O–H groups in total. The molecule has 3 aromatic carbocycles. The summed E-state index contributed by atoms with van der Waals surface area (Å²) in [6, 6.07) is 16.1. The van der Waals surface area contributed by atoms with E-state index in [9.17, 15) is 14.0 Å². The maximum atomic E-state index is 13.1. The standard InChI is InChI=1S/C24H22FN3O3/c1-15-14-18(31-2)10-11-21(15)27-23(29)20-4-3-5-22-19(20)12-13-28(22)24(30)26-17-8-6-16(25)7-9-17/h3-11,14H,12-13H2,1-2H3,(H,26,30)(H,27,29). The normalized spacial score (nSPS) is 12.3. The number of rotatable bonds is 4. The molecule has 0 saturated heterocycles. The Labute approximate surface area is 179 Å². The van der Waals surface area contributed by atoms with Gasteiger partial charge in [0.15, 0.2) is 0 Å². The van der Waals surface area contributed by atoms with Crippen molar-refractivity contribution in [2.75, 3.05) is 29.2 Å². The van der Waals surface area contributed by atoms with Crippen LogP contribution < -0.4 is 20.3 Å². The van der Waals surface area contributed by atoms with E-state index in [0.717, 1.165) is 16.9 Å². The highest BCUT2D eigenvalue weighted by Crippen LogP contribution is 2.32. The molecule has 3 aromatic rings. The number of carbonyl (C=O) groups is 2. The van der Waals surface area contributed by atoms with Gasteiger partial charge in [0.1, 0.15) is 11.6 Å². The Bertz CT molecular complexity index is 1150. The van der Waals surface area contributed by atoms with Gasteiger partial charge in [-0.2, -0.15) is 0 Å². The summed E-state index contributed by atoms with van der Waals surface area (Å²) in [5, 5.41) is 5.71. The van der Waals surface area contributed by atoms with Crippen LogP contribution in [0.5, 0.6) is 5.75 Å². The van der Waals surface area contributed by atoms with Crippen LogP contribution in [0.2, 0.25) is 0 Å². The highest BCUT2D eigenvalue weighted by molar-refractivity contribution is 6.09. The lowest BCUT2D eigenvalue weighted by atomic mass is 10.0. The van der Waals surface area contributed by atoms with E-state index in [4.69, 9.17) is 4.74 Å². The molecular weight excluding hydrogens is 397 g/mol. The molecule has 0 bridgehead atoms. The molecule has 7 heteroatoms. The van der Waals surface area contributed by atoms with Crippen molar-refractivity contribution in [3.63, 3.8) is 0 Å². The Morgan fingerprint density at radius 1 is 1.03 bits per heavy atom. The lowest BCUT2D eigenvalue weighted by Gasteiger charge is -2.18. The number of carbonyl (C=O) groups excluding carboxylic acids is 2. The summed E-state index contributed by atoms with van der Waals surface area (Å²) < 4.78 is 18.3. The van der Waals surface area contributed by atoms with E-state index in [2.05, 4.69) is 10.6 Å². The molecule has 0 aliphatic carbocycles. The van der Waals surface area contributed by atoms with Gasteiger partial charge in [-0.1, -0.05) is 6.07 Å². The predicted molar refractivity (Wildman–Crippen MR) is 119 cm³/mol. The summed E-state index contributed by atoms with van der Waals surface area (Å²) in [5.41, 5.74) is 4.14. The monoisotopic (exact) mass is 419 g/mol.